The molecular weight excluding hydrogens is 491 g/mol. The molecule has 3 aromatic rings. The maximum Gasteiger partial charge on any atom is 0.460 e. The number of fused-ring (bicyclic) bond motifs is 1. The minimum atomic E-state index is -6.52. The van der Waals surface area contributed by atoms with E-state index < -0.39 is 40.5 Å². The van der Waals surface area contributed by atoms with Crippen molar-refractivity contribution >= 4 is 34.1 Å². The Labute approximate surface area is 176 Å². The number of rotatable bonds is 3. The van der Waals surface area contributed by atoms with Crippen molar-refractivity contribution in [3.8, 4) is 11.1 Å². The highest BCUT2D eigenvalue weighted by atomic mass is 35.5. The highest BCUT2D eigenvalue weighted by Gasteiger charge is 2.74. The predicted octanol–water partition coefficient (Wildman–Crippen LogP) is 8.45. The lowest BCUT2D eigenvalue weighted by atomic mass is 10.0. The highest BCUT2D eigenvalue weighted by molar-refractivity contribution is 6.37. The Morgan fingerprint density at radius 3 is 1.77 bits per heavy atom. The molecule has 0 spiro atoms. The second-order valence-electron chi connectivity index (χ2n) is 6.44. The van der Waals surface area contributed by atoms with E-state index in [-0.39, 0.29) is 27.1 Å². The van der Waals surface area contributed by atoms with Gasteiger partial charge in [-0.15, -0.1) is 0 Å². The van der Waals surface area contributed by atoms with E-state index in [9.17, 15) is 43.9 Å². The first-order valence-electron chi connectivity index (χ1n) is 7.99. The summed E-state index contributed by atoms with van der Waals surface area (Å²) in [6.07, 6.45) is -11.2. The third kappa shape index (κ3) is 3.93. The fraction of sp³-hybridized carbons (Fsp3) is 0.222. The van der Waals surface area contributed by atoms with Crippen molar-refractivity contribution in [3.05, 3.63) is 57.7 Å². The lowest BCUT2D eigenvalue weighted by molar-refractivity contribution is -0.360. The molecule has 0 aliphatic heterocycles. The molecule has 0 radical (unpaired) electrons. The summed E-state index contributed by atoms with van der Waals surface area (Å²) in [7, 11) is 0. The standard InChI is InChI=1S/C18H7Cl2F10N/c19-11-5-8(16(23,24)25)1-2-9(11)10-3-7-4-14(31-13(7)6-12(10)20)15(21,22)17(26,27)18(28,29)30/h1-6,31H. The van der Waals surface area contributed by atoms with Gasteiger partial charge in [-0.05, 0) is 30.3 Å². The van der Waals surface area contributed by atoms with Gasteiger partial charge in [-0.25, -0.2) is 0 Å². The van der Waals surface area contributed by atoms with Gasteiger partial charge in [-0.2, -0.15) is 43.9 Å². The fourth-order valence-corrected chi connectivity index (χ4v) is 3.33. The quantitative estimate of drug-likeness (QED) is 0.349. The van der Waals surface area contributed by atoms with Gasteiger partial charge in [0.25, 0.3) is 0 Å². The summed E-state index contributed by atoms with van der Waals surface area (Å²) >= 11 is 11.9. The first kappa shape index (κ1) is 23.5. The number of aromatic nitrogens is 1. The number of hydrogen-bond donors (Lipinski definition) is 1. The summed E-state index contributed by atoms with van der Waals surface area (Å²) in [4.78, 5) is 1.78. The van der Waals surface area contributed by atoms with Crippen molar-refractivity contribution < 1.29 is 43.9 Å². The highest BCUT2D eigenvalue weighted by Crippen LogP contribution is 2.52. The van der Waals surface area contributed by atoms with Crippen LogP contribution in [0.1, 0.15) is 11.3 Å². The largest absolute Gasteiger partial charge is 0.460 e. The first-order valence-corrected chi connectivity index (χ1v) is 8.74. The van der Waals surface area contributed by atoms with E-state index in [0.717, 1.165) is 18.2 Å². The number of benzene rings is 2. The molecule has 1 aromatic heterocycles. The number of aromatic amines is 1. The molecule has 13 heteroatoms. The minimum absolute atomic E-state index is 0.0447. The molecule has 31 heavy (non-hydrogen) atoms. The maximum absolute atomic E-state index is 14.0. The number of H-pyrrole nitrogens is 1. The molecule has 1 N–H and O–H groups in total. The zero-order valence-electron chi connectivity index (χ0n) is 14.5. The molecule has 2 aromatic carbocycles. The molecule has 0 aliphatic carbocycles. The van der Waals surface area contributed by atoms with Gasteiger partial charge >= 0.3 is 24.2 Å². The van der Waals surface area contributed by atoms with Crippen LogP contribution in [0.5, 0.6) is 0 Å². The molecule has 0 saturated heterocycles. The van der Waals surface area contributed by atoms with Crippen molar-refractivity contribution in [2.75, 3.05) is 0 Å². The van der Waals surface area contributed by atoms with Crippen molar-refractivity contribution in [1.82, 2.24) is 4.98 Å². The molecule has 168 valence electrons. The van der Waals surface area contributed by atoms with Crippen LogP contribution in [0.3, 0.4) is 0 Å². The topological polar surface area (TPSA) is 15.8 Å². The van der Waals surface area contributed by atoms with Crippen LogP contribution >= 0.6 is 23.2 Å². The Balaban J connectivity index is 2.12. The molecule has 1 heterocycles. The minimum Gasteiger partial charge on any atom is -0.353 e. The molecular formula is C18H7Cl2F10N. The van der Waals surface area contributed by atoms with Gasteiger partial charge in [-0.3, -0.25) is 0 Å². The molecule has 0 atom stereocenters. The van der Waals surface area contributed by atoms with E-state index in [0.29, 0.717) is 18.2 Å². The summed E-state index contributed by atoms with van der Waals surface area (Å²) in [6.45, 7) is 0. The molecule has 0 saturated carbocycles. The van der Waals surface area contributed by atoms with Crippen LogP contribution in [-0.2, 0) is 12.1 Å². The van der Waals surface area contributed by atoms with Gasteiger partial charge in [0, 0.05) is 27.1 Å². The zero-order valence-corrected chi connectivity index (χ0v) is 16.0. The van der Waals surface area contributed by atoms with E-state index in [4.69, 9.17) is 23.2 Å². The smallest absolute Gasteiger partial charge is 0.353 e. The van der Waals surface area contributed by atoms with Crippen LogP contribution in [0.25, 0.3) is 22.0 Å². The zero-order chi connectivity index (χ0) is 23.6. The third-order valence-corrected chi connectivity index (χ3v) is 5.01. The summed E-state index contributed by atoms with van der Waals surface area (Å²) in [5.41, 5.74) is -3.20. The SMILES string of the molecule is FC(F)(F)c1ccc(-c2cc3cc(C(F)(F)C(F)(F)C(F)(F)F)[nH]c3cc2Cl)c(Cl)c1. The van der Waals surface area contributed by atoms with E-state index in [1.165, 1.54) is 0 Å². The third-order valence-electron chi connectivity index (χ3n) is 4.38. The Morgan fingerprint density at radius 1 is 0.677 bits per heavy atom. The van der Waals surface area contributed by atoms with E-state index >= 15 is 0 Å². The molecule has 0 amide bonds. The van der Waals surface area contributed by atoms with Crippen molar-refractivity contribution in [3.63, 3.8) is 0 Å². The number of halogens is 12. The van der Waals surface area contributed by atoms with Crippen LogP contribution in [-0.4, -0.2) is 17.1 Å². The summed E-state index contributed by atoms with van der Waals surface area (Å²) in [5.74, 6) is -12.0. The average Bonchev–Trinajstić information content (AvgIpc) is 3.02. The monoisotopic (exact) mass is 497 g/mol. The van der Waals surface area contributed by atoms with Crippen molar-refractivity contribution in [2.24, 2.45) is 0 Å². The number of alkyl halides is 10. The molecule has 0 bridgehead atoms. The van der Waals surface area contributed by atoms with Gasteiger partial charge in [0.1, 0.15) is 0 Å². The lowest BCUT2D eigenvalue weighted by Gasteiger charge is -2.27. The summed E-state index contributed by atoms with van der Waals surface area (Å²) in [6, 6.07) is 4.57. The Kier molecular flexibility index (Phi) is 5.46. The van der Waals surface area contributed by atoms with Crippen LogP contribution in [0, 0.1) is 0 Å². The Morgan fingerprint density at radius 2 is 1.26 bits per heavy atom. The Bertz CT molecular complexity index is 1140. The van der Waals surface area contributed by atoms with E-state index in [1.807, 2.05) is 0 Å². The van der Waals surface area contributed by atoms with Crippen LogP contribution in [0.2, 0.25) is 10.0 Å². The predicted molar refractivity (Wildman–Crippen MR) is 93.7 cm³/mol. The van der Waals surface area contributed by atoms with Gasteiger partial charge in [0.05, 0.1) is 16.3 Å². The average molecular weight is 498 g/mol. The molecule has 0 aliphatic rings. The molecule has 0 unspecified atom stereocenters. The lowest BCUT2D eigenvalue weighted by Crippen LogP contribution is -2.50. The number of nitrogens with one attached hydrogen (secondary N) is 1. The van der Waals surface area contributed by atoms with Gasteiger partial charge in [0.15, 0.2) is 0 Å². The summed E-state index contributed by atoms with van der Waals surface area (Å²) < 4.78 is 130. The number of hydrogen-bond acceptors (Lipinski definition) is 0. The van der Waals surface area contributed by atoms with Gasteiger partial charge < -0.3 is 4.98 Å². The first-order chi connectivity index (χ1) is 14.0. The Hall–Kier alpha value is -2.14. The van der Waals surface area contributed by atoms with E-state index in [1.54, 1.807) is 4.98 Å². The fourth-order valence-electron chi connectivity index (χ4n) is 2.79. The van der Waals surface area contributed by atoms with Crippen molar-refractivity contribution in [1.29, 1.82) is 0 Å². The maximum atomic E-state index is 14.0. The molecule has 1 nitrogen and oxygen atoms in total. The van der Waals surface area contributed by atoms with Gasteiger partial charge in [0.2, 0.25) is 0 Å². The van der Waals surface area contributed by atoms with E-state index in [2.05, 4.69) is 0 Å². The normalized spacial score (nSPS) is 13.8. The van der Waals surface area contributed by atoms with Crippen LogP contribution in [0.4, 0.5) is 43.9 Å². The summed E-state index contributed by atoms with van der Waals surface area (Å²) in [5, 5.41) is -0.878. The molecule has 3 rings (SSSR count). The van der Waals surface area contributed by atoms with Crippen LogP contribution < -0.4 is 0 Å². The second-order valence-corrected chi connectivity index (χ2v) is 7.26. The molecule has 0 fully saturated rings. The second kappa shape index (κ2) is 7.19. The van der Waals surface area contributed by atoms with Gasteiger partial charge in [-0.1, -0.05) is 29.3 Å². The van der Waals surface area contributed by atoms with Crippen molar-refractivity contribution in [2.45, 2.75) is 24.2 Å². The van der Waals surface area contributed by atoms with Crippen LogP contribution in [0.15, 0.2) is 36.4 Å².